The fourth-order valence-electron chi connectivity index (χ4n) is 3.34. The summed E-state index contributed by atoms with van der Waals surface area (Å²) in [6, 6.07) is 16.0. The summed E-state index contributed by atoms with van der Waals surface area (Å²) in [4.78, 5) is 10.5. The Labute approximate surface area is 160 Å². The molecule has 0 aliphatic heterocycles. The van der Waals surface area contributed by atoms with Gasteiger partial charge < -0.3 is 8.83 Å². The van der Waals surface area contributed by atoms with E-state index in [1.54, 1.807) is 11.3 Å². The van der Waals surface area contributed by atoms with E-state index in [9.17, 15) is 0 Å². The number of hydrogen-bond acceptors (Lipinski definition) is 5. The van der Waals surface area contributed by atoms with Crippen LogP contribution in [0.1, 0.15) is 26.3 Å². The summed E-state index contributed by atoms with van der Waals surface area (Å²) < 4.78 is 11.9. The van der Waals surface area contributed by atoms with Crippen LogP contribution in [0.4, 0.5) is 0 Å². The zero-order valence-electron chi connectivity index (χ0n) is 15.3. The summed E-state index contributed by atoms with van der Waals surface area (Å²) in [5.74, 6) is 0.812. The van der Waals surface area contributed by atoms with E-state index in [1.807, 2.05) is 30.3 Å². The van der Waals surface area contributed by atoms with Crippen LogP contribution in [-0.4, -0.2) is 9.97 Å². The largest absolute Gasteiger partial charge is 0.432 e. The molecule has 0 saturated carbocycles. The predicted octanol–water partition coefficient (Wildman–Crippen LogP) is 6.66. The van der Waals surface area contributed by atoms with E-state index in [0.29, 0.717) is 11.8 Å². The van der Waals surface area contributed by atoms with Crippen molar-refractivity contribution in [3.05, 3.63) is 59.5 Å². The van der Waals surface area contributed by atoms with Crippen LogP contribution in [0.3, 0.4) is 0 Å². The van der Waals surface area contributed by atoms with Crippen LogP contribution in [0.5, 0.6) is 0 Å². The molecular weight excluding hydrogens is 356 g/mol. The summed E-state index contributed by atoms with van der Waals surface area (Å²) in [5, 5.41) is 2.09. The first-order chi connectivity index (χ1) is 13.0. The lowest BCUT2D eigenvalue weighted by molar-refractivity contribution is 0.550. The minimum atomic E-state index is -0.00968. The van der Waals surface area contributed by atoms with Crippen molar-refractivity contribution in [2.45, 2.75) is 26.2 Å². The topological polar surface area (TPSA) is 52.1 Å². The molecule has 0 aliphatic rings. The predicted molar refractivity (Wildman–Crippen MR) is 109 cm³/mol. The lowest BCUT2D eigenvalue weighted by Gasteiger charge is -2.22. The van der Waals surface area contributed by atoms with Gasteiger partial charge in [-0.25, -0.2) is 9.97 Å². The number of benzene rings is 2. The van der Waals surface area contributed by atoms with Crippen LogP contribution in [0, 0.1) is 0 Å². The van der Waals surface area contributed by atoms with Gasteiger partial charge in [0.2, 0.25) is 0 Å². The number of nitrogens with zero attached hydrogens (tertiary/aromatic N) is 2. The number of fused-ring (bicyclic) bond motifs is 2. The monoisotopic (exact) mass is 374 g/mol. The molecule has 2 aromatic carbocycles. The van der Waals surface area contributed by atoms with E-state index in [2.05, 4.69) is 49.3 Å². The average molecular weight is 374 g/mol. The van der Waals surface area contributed by atoms with Gasteiger partial charge in [0, 0.05) is 10.4 Å². The van der Waals surface area contributed by atoms with Gasteiger partial charge in [-0.15, -0.1) is 11.3 Å². The zero-order chi connectivity index (χ0) is 18.6. The highest BCUT2D eigenvalue weighted by molar-refractivity contribution is 7.13. The average Bonchev–Trinajstić information content (AvgIpc) is 3.37. The molecule has 134 valence electrons. The number of thiophene rings is 1. The van der Waals surface area contributed by atoms with Gasteiger partial charge in [0.1, 0.15) is 11.0 Å². The summed E-state index contributed by atoms with van der Waals surface area (Å²) in [7, 11) is 0. The number of para-hydroxylation sites is 2. The Morgan fingerprint density at radius 1 is 0.815 bits per heavy atom. The van der Waals surface area contributed by atoms with E-state index >= 15 is 0 Å². The van der Waals surface area contributed by atoms with Crippen molar-refractivity contribution < 1.29 is 8.83 Å². The van der Waals surface area contributed by atoms with E-state index in [1.165, 1.54) is 10.4 Å². The molecule has 4 nitrogen and oxygen atoms in total. The van der Waals surface area contributed by atoms with Crippen LogP contribution >= 0.6 is 11.3 Å². The molecule has 27 heavy (non-hydrogen) atoms. The molecule has 0 amide bonds. The van der Waals surface area contributed by atoms with Gasteiger partial charge in [-0.3, -0.25) is 0 Å². The molecule has 5 rings (SSSR count). The van der Waals surface area contributed by atoms with E-state index < -0.39 is 0 Å². The van der Waals surface area contributed by atoms with Gasteiger partial charge in [0.15, 0.2) is 11.2 Å². The molecular formula is C22H18N2O2S. The molecule has 0 atom stereocenters. The molecule has 0 N–H and O–H groups in total. The van der Waals surface area contributed by atoms with Crippen molar-refractivity contribution in [1.82, 2.24) is 9.97 Å². The van der Waals surface area contributed by atoms with Gasteiger partial charge >= 0.3 is 0 Å². The molecule has 5 heteroatoms. The summed E-state index contributed by atoms with van der Waals surface area (Å²) >= 11 is 1.71. The van der Waals surface area contributed by atoms with Gasteiger partial charge in [-0.05, 0) is 40.6 Å². The van der Waals surface area contributed by atoms with Gasteiger partial charge in [0.05, 0.1) is 0 Å². The second-order valence-electron chi connectivity index (χ2n) is 7.57. The summed E-state index contributed by atoms with van der Waals surface area (Å²) in [6.45, 7) is 6.65. The highest BCUT2D eigenvalue weighted by atomic mass is 32.1. The van der Waals surface area contributed by atoms with Crippen LogP contribution in [0.2, 0.25) is 0 Å². The van der Waals surface area contributed by atoms with Crippen molar-refractivity contribution in [3.63, 3.8) is 0 Å². The molecule has 5 aromatic rings. The molecule has 3 heterocycles. The summed E-state index contributed by atoms with van der Waals surface area (Å²) in [6.07, 6.45) is 0. The quantitative estimate of drug-likeness (QED) is 0.346. The molecule has 0 bridgehead atoms. The van der Waals surface area contributed by atoms with Crippen molar-refractivity contribution >= 4 is 33.5 Å². The Hall–Kier alpha value is -2.92. The number of aromatic nitrogens is 2. The van der Waals surface area contributed by atoms with Crippen molar-refractivity contribution in [3.8, 4) is 22.2 Å². The van der Waals surface area contributed by atoms with E-state index in [4.69, 9.17) is 13.8 Å². The second kappa shape index (κ2) is 5.79. The normalized spacial score (nSPS) is 12.3. The third kappa shape index (κ3) is 2.66. The summed E-state index contributed by atoms with van der Waals surface area (Å²) in [5.41, 5.74) is 5.47. The lowest BCUT2D eigenvalue weighted by Crippen LogP contribution is -2.12. The Bertz CT molecular complexity index is 1220. The van der Waals surface area contributed by atoms with Gasteiger partial charge in [0.25, 0.3) is 11.8 Å². The highest BCUT2D eigenvalue weighted by Gasteiger charge is 2.25. The molecule has 0 radical (unpaired) electrons. The maximum absolute atomic E-state index is 6.03. The smallest absolute Gasteiger partial charge is 0.284 e. The third-order valence-corrected chi connectivity index (χ3v) is 5.50. The minimum Gasteiger partial charge on any atom is -0.432 e. The number of oxazole rings is 2. The maximum atomic E-state index is 6.03. The van der Waals surface area contributed by atoms with Crippen LogP contribution in [0.25, 0.3) is 44.4 Å². The zero-order valence-corrected chi connectivity index (χ0v) is 16.1. The van der Waals surface area contributed by atoms with Gasteiger partial charge in [-0.1, -0.05) is 45.0 Å². The van der Waals surface area contributed by atoms with Gasteiger partial charge in [-0.2, -0.15) is 0 Å². The minimum absolute atomic E-state index is 0.00968. The highest BCUT2D eigenvalue weighted by Crippen LogP contribution is 2.41. The fourth-order valence-corrected chi connectivity index (χ4v) is 4.13. The van der Waals surface area contributed by atoms with E-state index in [-0.39, 0.29) is 5.41 Å². The Morgan fingerprint density at radius 3 is 2.33 bits per heavy atom. The lowest BCUT2D eigenvalue weighted by atomic mass is 9.83. The number of hydrogen-bond donors (Lipinski definition) is 0. The third-order valence-electron chi connectivity index (χ3n) is 4.61. The first-order valence-corrected chi connectivity index (χ1v) is 9.72. The Morgan fingerprint density at radius 2 is 1.59 bits per heavy atom. The molecule has 0 aliphatic carbocycles. The first-order valence-electron chi connectivity index (χ1n) is 8.84. The number of rotatable bonds is 2. The fraction of sp³-hybridized carbons (Fsp3) is 0.182. The first kappa shape index (κ1) is 16.3. The Balaban J connectivity index is 1.77. The van der Waals surface area contributed by atoms with Crippen molar-refractivity contribution in [1.29, 1.82) is 0 Å². The molecule has 3 aromatic heterocycles. The second-order valence-corrected chi connectivity index (χ2v) is 8.52. The van der Waals surface area contributed by atoms with Crippen LogP contribution < -0.4 is 0 Å². The Kier molecular flexibility index (Phi) is 3.49. The molecule has 0 fully saturated rings. The van der Waals surface area contributed by atoms with Crippen molar-refractivity contribution in [2.75, 3.05) is 0 Å². The standard InChI is InChI=1S/C22H18N2O2S/c1-22(2,3)13-10-11-16-19(18(13)17-9-6-12-27-17)24-21(26-16)20-23-14-7-4-5-8-15(14)25-20/h4-12H,1-3H3. The van der Waals surface area contributed by atoms with E-state index in [0.717, 1.165) is 27.8 Å². The van der Waals surface area contributed by atoms with Crippen LogP contribution in [0.15, 0.2) is 62.7 Å². The SMILES string of the molecule is CC(C)(C)c1ccc2oc(-c3nc4ccccc4o3)nc2c1-c1cccs1. The maximum Gasteiger partial charge on any atom is 0.284 e. The van der Waals surface area contributed by atoms with Crippen LogP contribution in [-0.2, 0) is 5.41 Å². The molecule has 0 saturated heterocycles. The molecule has 0 spiro atoms. The molecule has 0 unspecified atom stereocenters. The van der Waals surface area contributed by atoms with Crippen molar-refractivity contribution in [2.24, 2.45) is 0 Å².